The Labute approximate surface area is 151 Å². The number of aromatic nitrogens is 3. The number of rotatable bonds is 2. The molecule has 4 rings (SSSR count). The first-order chi connectivity index (χ1) is 12.5. The van der Waals surface area contributed by atoms with Crippen LogP contribution in [-0.2, 0) is 0 Å². The van der Waals surface area contributed by atoms with E-state index in [-0.39, 0.29) is 17.5 Å². The Kier molecular flexibility index (Phi) is 4.11. The quantitative estimate of drug-likeness (QED) is 0.745. The molecule has 2 aromatic heterocycles. The highest BCUT2D eigenvalue weighted by Gasteiger charge is 2.26. The van der Waals surface area contributed by atoms with Crippen molar-refractivity contribution in [1.82, 2.24) is 19.9 Å². The van der Waals surface area contributed by atoms with Gasteiger partial charge in [0, 0.05) is 53.1 Å². The second-order valence-corrected chi connectivity index (χ2v) is 7.06. The van der Waals surface area contributed by atoms with E-state index in [1.807, 2.05) is 36.1 Å². The Balaban J connectivity index is 1.59. The molecule has 1 fully saturated rings. The lowest BCUT2D eigenvalue weighted by Crippen LogP contribution is -2.39. The summed E-state index contributed by atoms with van der Waals surface area (Å²) in [6.07, 6.45) is 3.41. The van der Waals surface area contributed by atoms with Gasteiger partial charge in [0.1, 0.15) is 0 Å². The molecular formula is C20H22N4O2. The van der Waals surface area contributed by atoms with Gasteiger partial charge in [-0.1, -0.05) is 0 Å². The van der Waals surface area contributed by atoms with Gasteiger partial charge < -0.3 is 14.9 Å². The number of fused-ring (bicyclic) bond motifs is 1. The van der Waals surface area contributed by atoms with Crippen LogP contribution in [0.25, 0.3) is 10.9 Å². The molecule has 6 nitrogen and oxygen atoms in total. The molecule has 2 N–H and O–H groups in total. The molecular weight excluding hydrogens is 328 g/mol. The highest BCUT2D eigenvalue weighted by molar-refractivity contribution is 5.99. The van der Waals surface area contributed by atoms with Crippen molar-refractivity contribution in [3.63, 3.8) is 0 Å². The number of nitrogens with one attached hydrogen (secondary N) is 2. The number of nitrogens with zero attached hydrogens (tertiary/aromatic N) is 2. The molecule has 1 saturated heterocycles. The van der Waals surface area contributed by atoms with Crippen LogP contribution in [0.15, 0.2) is 35.3 Å². The molecule has 3 aromatic rings. The Morgan fingerprint density at radius 3 is 2.88 bits per heavy atom. The SMILES string of the molecule is Cc1[nH]c2ccc(C(=O)N3CCCC(c4ccnc(=O)[nH]4)C3)cc2c1C. The predicted molar refractivity (Wildman–Crippen MR) is 101 cm³/mol. The third-order valence-corrected chi connectivity index (χ3v) is 5.40. The molecule has 26 heavy (non-hydrogen) atoms. The van der Waals surface area contributed by atoms with Crippen molar-refractivity contribution in [3.05, 3.63) is 63.5 Å². The number of carbonyl (C=O) groups is 1. The first-order valence-electron chi connectivity index (χ1n) is 8.96. The molecule has 3 heterocycles. The molecule has 0 spiro atoms. The molecule has 1 aliphatic heterocycles. The molecule has 1 amide bonds. The molecule has 1 unspecified atom stereocenters. The summed E-state index contributed by atoms with van der Waals surface area (Å²) in [7, 11) is 0. The summed E-state index contributed by atoms with van der Waals surface area (Å²) in [6, 6.07) is 7.68. The Bertz CT molecular complexity index is 1030. The van der Waals surface area contributed by atoms with Crippen molar-refractivity contribution in [2.24, 2.45) is 0 Å². The van der Waals surface area contributed by atoms with Crippen molar-refractivity contribution >= 4 is 16.8 Å². The van der Waals surface area contributed by atoms with Crippen molar-refractivity contribution in [2.75, 3.05) is 13.1 Å². The topological polar surface area (TPSA) is 81.8 Å². The molecule has 1 aliphatic rings. The third-order valence-electron chi connectivity index (χ3n) is 5.40. The first-order valence-corrected chi connectivity index (χ1v) is 8.96. The second-order valence-electron chi connectivity index (χ2n) is 7.06. The van der Waals surface area contributed by atoms with E-state index in [9.17, 15) is 9.59 Å². The summed E-state index contributed by atoms with van der Waals surface area (Å²) in [4.78, 5) is 36.2. The van der Waals surface area contributed by atoms with Crippen molar-refractivity contribution in [1.29, 1.82) is 0 Å². The summed E-state index contributed by atoms with van der Waals surface area (Å²) in [5.74, 6) is 0.189. The number of piperidine rings is 1. The number of benzene rings is 1. The first kappa shape index (κ1) is 16.6. The molecule has 0 aliphatic carbocycles. The van der Waals surface area contributed by atoms with E-state index in [4.69, 9.17) is 0 Å². The number of carbonyl (C=O) groups excluding carboxylic acids is 1. The van der Waals surface area contributed by atoms with Gasteiger partial charge in [-0.15, -0.1) is 0 Å². The van der Waals surface area contributed by atoms with Crippen LogP contribution in [0.1, 0.15) is 46.1 Å². The summed E-state index contributed by atoms with van der Waals surface area (Å²) in [5.41, 5.74) is 4.60. The fourth-order valence-corrected chi connectivity index (χ4v) is 3.81. The number of amides is 1. The van der Waals surface area contributed by atoms with Crippen molar-refractivity contribution < 1.29 is 4.79 Å². The molecule has 1 aromatic carbocycles. The molecule has 0 radical (unpaired) electrons. The van der Waals surface area contributed by atoms with E-state index >= 15 is 0 Å². The number of hydrogen-bond donors (Lipinski definition) is 2. The average Bonchev–Trinajstić information content (AvgIpc) is 2.95. The number of aryl methyl sites for hydroxylation is 2. The molecule has 0 bridgehead atoms. The number of H-pyrrole nitrogens is 2. The van der Waals surface area contributed by atoms with Crippen LogP contribution < -0.4 is 5.69 Å². The number of aromatic amines is 2. The largest absolute Gasteiger partial charge is 0.358 e. The smallest absolute Gasteiger partial charge is 0.345 e. The van der Waals surface area contributed by atoms with E-state index < -0.39 is 0 Å². The lowest BCUT2D eigenvalue weighted by molar-refractivity contribution is 0.0706. The normalized spacial score (nSPS) is 17.6. The lowest BCUT2D eigenvalue weighted by Gasteiger charge is -2.32. The summed E-state index contributed by atoms with van der Waals surface area (Å²) in [6.45, 7) is 5.47. The van der Waals surface area contributed by atoms with Crippen LogP contribution in [0.2, 0.25) is 0 Å². The van der Waals surface area contributed by atoms with E-state index in [1.165, 1.54) is 11.8 Å². The van der Waals surface area contributed by atoms with Crippen LogP contribution in [0.3, 0.4) is 0 Å². The Morgan fingerprint density at radius 2 is 2.08 bits per heavy atom. The summed E-state index contributed by atoms with van der Waals surface area (Å²) in [5, 5.41) is 1.10. The van der Waals surface area contributed by atoms with Gasteiger partial charge in [-0.2, -0.15) is 0 Å². The fourth-order valence-electron chi connectivity index (χ4n) is 3.81. The maximum Gasteiger partial charge on any atom is 0.345 e. The van der Waals surface area contributed by atoms with Crippen molar-refractivity contribution in [3.8, 4) is 0 Å². The minimum Gasteiger partial charge on any atom is -0.358 e. The zero-order chi connectivity index (χ0) is 18.3. The zero-order valence-electron chi connectivity index (χ0n) is 15.0. The Hall–Kier alpha value is -2.89. The average molecular weight is 350 g/mol. The number of hydrogen-bond acceptors (Lipinski definition) is 3. The third kappa shape index (κ3) is 2.92. The minimum absolute atomic E-state index is 0.0475. The van der Waals surface area contributed by atoms with Gasteiger partial charge >= 0.3 is 5.69 Å². The van der Waals surface area contributed by atoms with Gasteiger partial charge in [-0.3, -0.25) is 4.79 Å². The summed E-state index contributed by atoms with van der Waals surface area (Å²) < 4.78 is 0. The monoisotopic (exact) mass is 350 g/mol. The zero-order valence-corrected chi connectivity index (χ0v) is 15.0. The molecule has 1 atom stereocenters. The van der Waals surface area contributed by atoms with E-state index in [1.54, 1.807) is 0 Å². The van der Waals surface area contributed by atoms with Gasteiger partial charge in [0.2, 0.25) is 0 Å². The van der Waals surface area contributed by atoms with Crippen LogP contribution in [0, 0.1) is 13.8 Å². The van der Waals surface area contributed by atoms with Crippen LogP contribution in [0.5, 0.6) is 0 Å². The van der Waals surface area contributed by atoms with Crippen LogP contribution in [-0.4, -0.2) is 38.8 Å². The number of likely N-dealkylation sites (tertiary alicyclic amines) is 1. The Morgan fingerprint density at radius 1 is 1.23 bits per heavy atom. The van der Waals surface area contributed by atoms with E-state index in [0.717, 1.165) is 41.7 Å². The minimum atomic E-state index is -0.338. The van der Waals surface area contributed by atoms with Crippen molar-refractivity contribution in [2.45, 2.75) is 32.6 Å². The summed E-state index contributed by atoms with van der Waals surface area (Å²) >= 11 is 0. The standard InChI is InChI=1S/C20H22N4O2/c1-12-13(2)22-18-6-5-14(10-16(12)18)19(25)24-9-3-4-15(11-24)17-7-8-21-20(26)23-17/h5-8,10,15,22H,3-4,9,11H2,1-2H3,(H,21,23,26). The molecule has 134 valence electrons. The molecule has 0 saturated carbocycles. The van der Waals surface area contributed by atoms with Crippen LogP contribution >= 0.6 is 0 Å². The van der Waals surface area contributed by atoms with Gasteiger partial charge in [-0.05, 0) is 56.5 Å². The van der Waals surface area contributed by atoms with Gasteiger partial charge in [0.05, 0.1) is 0 Å². The van der Waals surface area contributed by atoms with E-state index in [0.29, 0.717) is 12.1 Å². The van der Waals surface area contributed by atoms with E-state index in [2.05, 4.69) is 21.9 Å². The highest BCUT2D eigenvalue weighted by atomic mass is 16.2. The van der Waals surface area contributed by atoms with Gasteiger partial charge in [-0.25, -0.2) is 9.78 Å². The maximum atomic E-state index is 13.0. The maximum absolute atomic E-state index is 13.0. The van der Waals surface area contributed by atoms with Gasteiger partial charge in [0.25, 0.3) is 5.91 Å². The predicted octanol–water partition coefficient (Wildman–Crippen LogP) is 2.89. The highest BCUT2D eigenvalue weighted by Crippen LogP contribution is 2.27. The molecule has 6 heteroatoms. The van der Waals surface area contributed by atoms with Crippen LogP contribution in [0.4, 0.5) is 0 Å². The second kappa shape index (κ2) is 6.44. The van der Waals surface area contributed by atoms with Gasteiger partial charge in [0.15, 0.2) is 0 Å². The lowest BCUT2D eigenvalue weighted by atomic mass is 9.94. The fraction of sp³-hybridized carbons (Fsp3) is 0.350.